The van der Waals surface area contributed by atoms with Crippen molar-refractivity contribution >= 4 is 15.9 Å². The summed E-state index contributed by atoms with van der Waals surface area (Å²) in [5.41, 5.74) is 0.697. The molecule has 2 nitrogen and oxygen atoms in total. The van der Waals surface area contributed by atoms with Crippen molar-refractivity contribution in [1.29, 1.82) is 0 Å². The van der Waals surface area contributed by atoms with E-state index in [-0.39, 0.29) is 0 Å². The lowest BCUT2D eigenvalue weighted by Crippen LogP contribution is -1.93. The molecule has 0 amide bonds. The number of halogens is 1. The maximum absolute atomic E-state index is 9.04. The van der Waals surface area contributed by atoms with Crippen molar-refractivity contribution in [2.45, 2.75) is 13.0 Å². The molecule has 0 saturated carbocycles. The second kappa shape index (κ2) is 3.12. The second-order valence-corrected chi connectivity index (χ2v) is 2.99. The van der Waals surface area contributed by atoms with Gasteiger partial charge in [0.2, 0.25) is 0 Å². The number of rotatable bonds is 1. The van der Waals surface area contributed by atoms with Crippen LogP contribution in [-0.2, 0) is 0 Å². The quantitative estimate of drug-likeness (QED) is 0.754. The number of nitrogens with zero attached hydrogens (tertiary/aromatic N) is 1. The number of hydrogen-bond donors (Lipinski definition) is 1. The Labute approximate surface area is 68.0 Å². The van der Waals surface area contributed by atoms with Crippen LogP contribution in [-0.4, -0.2) is 10.1 Å². The molecule has 3 heteroatoms. The van der Waals surface area contributed by atoms with Crippen molar-refractivity contribution < 1.29 is 5.11 Å². The molecule has 1 aromatic heterocycles. The molecule has 1 atom stereocenters. The van der Waals surface area contributed by atoms with Gasteiger partial charge in [0.15, 0.2) is 0 Å². The third-order valence-corrected chi connectivity index (χ3v) is 1.65. The SMILES string of the molecule is CC(O)c1ccc(Br)cn1. The molecule has 0 spiro atoms. The molecular formula is C7H8BrNO. The van der Waals surface area contributed by atoms with Crippen LogP contribution < -0.4 is 0 Å². The molecule has 0 aliphatic carbocycles. The Morgan fingerprint density at radius 2 is 2.30 bits per heavy atom. The van der Waals surface area contributed by atoms with Gasteiger partial charge in [0.25, 0.3) is 0 Å². The van der Waals surface area contributed by atoms with Gasteiger partial charge in [0, 0.05) is 10.7 Å². The molecule has 10 heavy (non-hydrogen) atoms. The molecule has 0 fully saturated rings. The summed E-state index contributed by atoms with van der Waals surface area (Å²) in [4.78, 5) is 3.98. The lowest BCUT2D eigenvalue weighted by Gasteiger charge is -2.01. The average molecular weight is 202 g/mol. The van der Waals surface area contributed by atoms with E-state index in [0.29, 0.717) is 5.69 Å². The summed E-state index contributed by atoms with van der Waals surface area (Å²) in [5.74, 6) is 0. The van der Waals surface area contributed by atoms with Crippen molar-refractivity contribution in [2.75, 3.05) is 0 Å². The van der Waals surface area contributed by atoms with E-state index in [2.05, 4.69) is 20.9 Å². The highest BCUT2D eigenvalue weighted by Gasteiger charge is 1.99. The minimum atomic E-state index is -0.479. The molecule has 0 aromatic carbocycles. The maximum Gasteiger partial charge on any atom is 0.0931 e. The van der Waals surface area contributed by atoms with E-state index in [1.54, 1.807) is 19.2 Å². The van der Waals surface area contributed by atoms with Crippen LogP contribution in [0.3, 0.4) is 0 Å². The van der Waals surface area contributed by atoms with Gasteiger partial charge in [0.05, 0.1) is 11.8 Å². The summed E-state index contributed by atoms with van der Waals surface area (Å²) in [5, 5.41) is 9.04. The lowest BCUT2D eigenvalue weighted by molar-refractivity contribution is 0.194. The highest BCUT2D eigenvalue weighted by atomic mass is 79.9. The number of pyridine rings is 1. The lowest BCUT2D eigenvalue weighted by atomic mass is 10.2. The molecule has 1 unspecified atom stereocenters. The van der Waals surface area contributed by atoms with Gasteiger partial charge in [-0.05, 0) is 35.0 Å². The van der Waals surface area contributed by atoms with Crippen molar-refractivity contribution in [1.82, 2.24) is 4.98 Å². The fourth-order valence-corrected chi connectivity index (χ4v) is 0.869. The van der Waals surface area contributed by atoms with Crippen LogP contribution in [0, 0.1) is 0 Å². The average Bonchev–Trinajstić information content (AvgIpc) is 1.88. The summed E-state index contributed by atoms with van der Waals surface area (Å²) < 4.78 is 0.928. The summed E-state index contributed by atoms with van der Waals surface area (Å²) in [6.45, 7) is 1.69. The molecule has 0 aliphatic rings. The Morgan fingerprint density at radius 1 is 1.60 bits per heavy atom. The first kappa shape index (κ1) is 7.69. The summed E-state index contributed by atoms with van der Waals surface area (Å²) in [6, 6.07) is 3.64. The molecule has 1 rings (SSSR count). The van der Waals surface area contributed by atoms with Gasteiger partial charge in [-0.3, -0.25) is 4.98 Å². The molecule has 0 radical (unpaired) electrons. The second-order valence-electron chi connectivity index (χ2n) is 2.08. The van der Waals surface area contributed by atoms with Crippen LogP contribution >= 0.6 is 15.9 Å². The number of hydrogen-bond acceptors (Lipinski definition) is 2. The number of aliphatic hydroxyl groups excluding tert-OH is 1. The van der Waals surface area contributed by atoms with Gasteiger partial charge in [-0.15, -0.1) is 0 Å². The summed E-state index contributed by atoms with van der Waals surface area (Å²) in [6.07, 6.45) is 1.19. The molecule has 0 aliphatic heterocycles. The van der Waals surface area contributed by atoms with Crippen LogP contribution in [0.1, 0.15) is 18.7 Å². The molecule has 1 aromatic rings. The maximum atomic E-state index is 9.04. The van der Waals surface area contributed by atoms with Crippen LogP contribution in [0.2, 0.25) is 0 Å². The molecule has 0 bridgehead atoms. The number of aromatic nitrogens is 1. The number of aliphatic hydroxyl groups is 1. The highest BCUT2D eigenvalue weighted by Crippen LogP contribution is 2.12. The standard InChI is InChI=1S/C7H8BrNO/c1-5(10)7-3-2-6(8)4-9-7/h2-5,10H,1H3. The molecule has 54 valence electrons. The van der Waals surface area contributed by atoms with E-state index in [4.69, 9.17) is 5.11 Å². The van der Waals surface area contributed by atoms with Crippen LogP contribution in [0.4, 0.5) is 0 Å². The summed E-state index contributed by atoms with van der Waals surface area (Å²) in [7, 11) is 0. The normalized spacial score (nSPS) is 13.1. The highest BCUT2D eigenvalue weighted by molar-refractivity contribution is 9.10. The van der Waals surface area contributed by atoms with Gasteiger partial charge in [-0.1, -0.05) is 0 Å². The first-order chi connectivity index (χ1) is 4.70. The third kappa shape index (κ3) is 1.78. The van der Waals surface area contributed by atoms with Crippen LogP contribution in [0.25, 0.3) is 0 Å². The van der Waals surface area contributed by atoms with E-state index in [9.17, 15) is 0 Å². The van der Waals surface area contributed by atoms with Gasteiger partial charge in [-0.25, -0.2) is 0 Å². The molecule has 1 N–H and O–H groups in total. The smallest absolute Gasteiger partial charge is 0.0931 e. The summed E-state index contributed by atoms with van der Waals surface area (Å²) >= 11 is 3.25. The first-order valence-electron chi connectivity index (χ1n) is 2.99. The third-order valence-electron chi connectivity index (χ3n) is 1.18. The Hall–Kier alpha value is -0.410. The van der Waals surface area contributed by atoms with Gasteiger partial charge in [-0.2, -0.15) is 0 Å². The molecule has 0 saturated heterocycles. The predicted octanol–water partition coefficient (Wildman–Crippen LogP) is 1.90. The zero-order chi connectivity index (χ0) is 7.56. The van der Waals surface area contributed by atoms with Crippen molar-refractivity contribution in [2.24, 2.45) is 0 Å². The minimum absolute atomic E-state index is 0.479. The Morgan fingerprint density at radius 3 is 2.70 bits per heavy atom. The first-order valence-corrected chi connectivity index (χ1v) is 3.79. The van der Waals surface area contributed by atoms with E-state index >= 15 is 0 Å². The zero-order valence-corrected chi connectivity index (χ0v) is 7.17. The van der Waals surface area contributed by atoms with Crippen LogP contribution in [0.5, 0.6) is 0 Å². The van der Waals surface area contributed by atoms with Gasteiger partial charge < -0.3 is 5.11 Å². The van der Waals surface area contributed by atoms with Crippen molar-refractivity contribution in [3.05, 3.63) is 28.5 Å². The Bertz CT molecular complexity index is 207. The van der Waals surface area contributed by atoms with Crippen LogP contribution in [0.15, 0.2) is 22.8 Å². The largest absolute Gasteiger partial charge is 0.387 e. The van der Waals surface area contributed by atoms with Crippen molar-refractivity contribution in [3.8, 4) is 0 Å². The van der Waals surface area contributed by atoms with Gasteiger partial charge >= 0.3 is 0 Å². The Balaban J connectivity index is 2.89. The van der Waals surface area contributed by atoms with Crippen molar-refractivity contribution in [3.63, 3.8) is 0 Å². The topological polar surface area (TPSA) is 33.1 Å². The predicted molar refractivity (Wildman–Crippen MR) is 42.6 cm³/mol. The molecule has 1 heterocycles. The zero-order valence-electron chi connectivity index (χ0n) is 5.58. The van der Waals surface area contributed by atoms with E-state index in [1.165, 1.54) is 0 Å². The van der Waals surface area contributed by atoms with E-state index < -0.39 is 6.10 Å². The van der Waals surface area contributed by atoms with E-state index in [0.717, 1.165) is 4.47 Å². The Kier molecular flexibility index (Phi) is 2.40. The monoisotopic (exact) mass is 201 g/mol. The fraction of sp³-hybridized carbons (Fsp3) is 0.286. The van der Waals surface area contributed by atoms with Gasteiger partial charge in [0.1, 0.15) is 0 Å². The molecular weight excluding hydrogens is 194 g/mol. The van der Waals surface area contributed by atoms with E-state index in [1.807, 2.05) is 6.07 Å². The fourth-order valence-electron chi connectivity index (χ4n) is 0.634. The minimum Gasteiger partial charge on any atom is -0.387 e.